The fraction of sp³-hybridized carbons (Fsp3) is 0.238. The quantitative estimate of drug-likeness (QED) is 0.664. The zero-order chi connectivity index (χ0) is 21.3. The summed E-state index contributed by atoms with van der Waals surface area (Å²) in [6.45, 7) is 0.698. The Kier molecular flexibility index (Phi) is 5.40. The number of fused-ring (bicyclic) bond motifs is 1. The Balaban J connectivity index is 1.58. The number of halogens is 1. The molecular weight excluding hydrogens is 409 g/mol. The maximum Gasteiger partial charge on any atom is 0.264 e. The number of nitrogens with one attached hydrogen (secondary N) is 1. The van der Waals surface area contributed by atoms with Crippen molar-refractivity contribution in [2.24, 2.45) is 0 Å². The van der Waals surface area contributed by atoms with E-state index in [0.717, 1.165) is 6.07 Å². The van der Waals surface area contributed by atoms with Gasteiger partial charge in [0.05, 0.1) is 22.9 Å². The third kappa shape index (κ3) is 3.99. The number of benzene rings is 2. The predicted molar refractivity (Wildman–Crippen MR) is 110 cm³/mol. The largest absolute Gasteiger partial charge is 0.393 e. The van der Waals surface area contributed by atoms with Crippen molar-refractivity contribution in [1.82, 2.24) is 9.88 Å². The monoisotopic (exact) mass is 429 g/mol. The van der Waals surface area contributed by atoms with E-state index >= 15 is 0 Å². The summed E-state index contributed by atoms with van der Waals surface area (Å²) in [5.41, 5.74) is 0.180. The Morgan fingerprint density at radius 1 is 1.13 bits per heavy atom. The number of carbonyl (C=O) groups is 1. The molecule has 4 rings (SSSR count). The highest BCUT2D eigenvalue weighted by Gasteiger charge is 2.25. The van der Waals surface area contributed by atoms with E-state index in [9.17, 15) is 22.7 Å². The lowest BCUT2D eigenvalue weighted by Gasteiger charge is -2.29. The smallest absolute Gasteiger partial charge is 0.264 e. The van der Waals surface area contributed by atoms with Crippen LogP contribution in [0.25, 0.3) is 10.9 Å². The minimum atomic E-state index is -4.02. The van der Waals surface area contributed by atoms with Gasteiger partial charge in [0.2, 0.25) is 0 Å². The molecule has 0 unspecified atom stereocenters. The SMILES string of the molecule is O=C(c1ccc(NS(=O)(=O)c2cccc3cccnc23)cc1F)N1CCC(O)CC1. The summed E-state index contributed by atoms with van der Waals surface area (Å²) in [5.74, 6) is -1.30. The topological polar surface area (TPSA) is 99.6 Å². The Morgan fingerprint density at radius 2 is 1.87 bits per heavy atom. The molecule has 9 heteroatoms. The first-order valence-corrected chi connectivity index (χ1v) is 11.0. The van der Waals surface area contributed by atoms with E-state index in [1.54, 1.807) is 24.3 Å². The molecule has 2 heterocycles. The van der Waals surface area contributed by atoms with E-state index in [4.69, 9.17) is 0 Å². The molecule has 3 aromatic rings. The van der Waals surface area contributed by atoms with Gasteiger partial charge < -0.3 is 10.0 Å². The lowest BCUT2D eigenvalue weighted by molar-refractivity contribution is 0.0543. The normalized spacial score (nSPS) is 15.3. The molecule has 2 aromatic carbocycles. The number of aliphatic hydroxyl groups excluding tert-OH is 1. The van der Waals surface area contributed by atoms with Crippen LogP contribution in [-0.4, -0.2) is 48.5 Å². The summed E-state index contributed by atoms with van der Waals surface area (Å²) in [5, 5.41) is 10.2. The van der Waals surface area contributed by atoms with E-state index in [-0.39, 0.29) is 16.1 Å². The molecule has 0 saturated carbocycles. The molecule has 1 aliphatic rings. The Morgan fingerprint density at radius 3 is 2.60 bits per heavy atom. The van der Waals surface area contributed by atoms with Gasteiger partial charge in [-0.25, -0.2) is 12.8 Å². The van der Waals surface area contributed by atoms with E-state index < -0.39 is 27.9 Å². The fourth-order valence-electron chi connectivity index (χ4n) is 3.49. The number of aromatic nitrogens is 1. The number of piperidine rings is 1. The maximum atomic E-state index is 14.6. The zero-order valence-electron chi connectivity index (χ0n) is 16.0. The summed E-state index contributed by atoms with van der Waals surface area (Å²) < 4.78 is 42.7. The third-order valence-corrected chi connectivity index (χ3v) is 6.50. The van der Waals surface area contributed by atoms with Crippen molar-refractivity contribution in [2.75, 3.05) is 17.8 Å². The number of para-hydroxylation sites is 1. The number of sulfonamides is 1. The molecule has 156 valence electrons. The highest BCUT2D eigenvalue weighted by molar-refractivity contribution is 7.93. The lowest BCUT2D eigenvalue weighted by atomic mass is 10.1. The minimum Gasteiger partial charge on any atom is -0.393 e. The summed E-state index contributed by atoms with van der Waals surface area (Å²) in [6, 6.07) is 11.9. The van der Waals surface area contributed by atoms with Crippen LogP contribution in [0.4, 0.5) is 10.1 Å². The van der Waals surface area contributed by atoms with Crippen molar-refractivity contribution >= 4 is 32.5 Å². The number of hydrogen-bond donors (Lipinski definition) is 2. The molecule has 1 saturated heterocycles. The average Bonchev–Trinajstić information content (AvgIpc) is 2.73. The standard InChI is InChI=1S/C21H20FN3O4S/c22-18-13-15(6-7-17(18)21(27)25-11-8-16(26)9-12-25)24-30(28,29)19-5-1-3-14-4-2-10-23-20(14)19/h1-7,10,13,16,24,26H,8-9,11-12H2. The maximum absolute atomic E-state index is 14.6. The van der Waals surface area contributed by atoms with Crippen LogP contribution in [0.15, 0.2) is 59.6 Å². The van der Waals surface area contributed by atoms with Crippen LogP contribution in [0, 0.1) is 5.82 Å². The highest BCUT2D eigenvalue weighted by atomic mass is 32.2. The van der Waals surface area contributed by atoms with Crippen LogP contribution in [0.5, 0.6) is 0 Å². The van der Waals surface area contributed by atoms with Crippen LogP contribution in [0.2, 0.25) is 0 Å². The lowest BCUT2D eigenvalue weighted by Crippen LogP contribution is -2.40. The predicted octanol–water partition coefficient (Wildman–Crippen LogP) is 2.77. The van der Waals surface area contributed by atoms with Crippen molar-refractivity contribution in [3.05, 3.63) is 66.1 Å². The molecule has 30 heavy (non-hydrogen) atoms. The van der Waals surface area contributed by atoms with Gasteiger partial charge in [-0.05, 0) is 43.2 Å². The first-order valence-electron chi connectivity index (χ1n) is 9.48. The highest BCUT2D eigenvalue weighted by Crippen LogP contribution is 2.25. The molecule has 0 radical (unpaired) electrons. The summed E-state index contributed by atoms with van der Waals surface area (Å²) in [4.78, 5) is 18.2. The molecule has 1 amide bonds. The van der Waals surface area contributed by atoms with Crippen molar-refractivity contribution in [2.45, 2.75) is 23.8 Å². The van der Waals surface area contributed by atoms with Gasteiger partial charge >= 0.3 is 0 Å². The van der Waals surface area contributed by atoms with Gasteiger partial charge in [0.1, 0.15) is 10.7 Å². The summed E-state index contributed by atoms with van der Waals surface area (Å²) in [7, 11) is -4.02. The van der Waals surface area contributed by atoms with Crippen molar-refractivity contribution in [3.8, 4) is 0 Å². The van der Waals surface area contributed by atoms with E-state index in [1.807, 2.05) is 0 Å². The minimum absolute atomic E-state index is 0.00560. The Bertz CT molecular complexity index is 1200. The molecule has 0 bridgehead atoms. The van der Waals surface area contributed by atoms with Gasteiger partial charge in [-0.2, -0.15) is 0 Å². The van der Waals surface area contributed by atoms with E-state index in [2.05, 4.69) is 9.71 Å². The molecule has 1 aromatic heterocycles. The number of anilines is 1. The van der Waals surface area contributed by atoms with Crippen LogP contribution in [0.1, 0.15) is 23.2 Å². The molecule has 1 aliphatic heterocycles. The van der Waals surface area contributed by atoms with Gasteiger partial charge in [-0.15, -0.1) is 0 Å². The number of nitrogens with zero attached hydrogens (tertiary/aromatic N) is 2. The Labute approximate surface area is 173 Å². The second kappa shape index (κ2) is 8.00. The number of rotatable bonds is 4. The van der Waals surface area contributed by atoms with E-state index in [0.29, 0.717) is 36.8 Å². The molecule has 2 N–H and O–H groups in total. The first-order chi connectivity index (χ1) is 14.3. The molecule has 1 fully saturated rings. The number of aliphatic hydroxyl groups is 1. The number of carbonyl (C=O) groups excluding carboxylic acids is 1. The fourth-order valence-corrected chi connectivity index (χ4v) is 4.72. The van der Waals surface area contributed by atoms with Gasteiger partial charge in [0.25, 0.3) is 15.9 Å². The van der Waals surface area contributed by atoms with Crippen molar-refractivity contribution in [1.29, 1.82) is 0 Å². The van der Waals surface area contributed by atoms with Crippen LogP contribution in [-0.2, 0) is 10.0 Å². The average molecular weight is 429 g/mol. The van der Waals surface area contributed by atoms with Crippen LogP contribution < -0.4 is 4.72 Å². The van der Waals surface area contributed by atoms with Gasteiger partial charge in [-0.3, -0.25) is 14.5 Å². The van der Waals surface area contributed by atoms with Gasteiger partial charge in [0, 0.05) is 24.7 Å². The van der Waals surface area contributed by atoms with Crippen molar-refractivity contribution in [3.63, 3.8) is 0 Å². The second-order valence-corrected chi connectivity index (χ2v) is 8.81. The first kappa shape index (κ1) is 20.2. The summed E-state index contributed by atoms with van der Waals surface area (Å²) in [6.07, 6.45) is 1.95. The van der Waals surface area contributed by atoms with E-state index in [1.165, 1.54) is 29.3 Å². The Hall–Kier alpha value is -3.04. The number of pyridine rings is 1. The third-order valence-electron chi connectivity index (χ3n) is 5.09. The van der Waals surface area contributed by atoms with Crippen molar-refractivity contribution < 1.29 is 22.7 Å². The second-order valence-electron chi connectivity index (χ2n) is 7.15. The zero-order valence-corrected chi connectivity index (χ0v) is 16.8. The number of hydrogen-bond acceptors (Lipinski definition) is 5. The van der Waals surface area contributed by atoms with Crippen LogP contribution in [0.3, 0.4) is 0 Å². The number of likely N-dealkylation sites (tertiary alicyclic amines) is 1. The molecular formula is C21H20FN3O4S. The number of amides is 1. The van der Waals surface area contributed by atoms with Crippen LogP contribution >= 0.6 is 0 Å². The van der Waals surface area contributed by atoms with Gasteiger partial charge in [-0.1, -0.05) is 18.2 Å². The summed E-state index contributed by atoms with van der Waals surface area (Å²) >= 11 is 0. The molecule has 7 nitrogen and oxygen atoms in total. The van der Waals surface area contributed by atoms with Gasteiger partial charge in [0.15, 0.2) is 0 Å². The molecule has 0 spiro atoms. The molecule has 0 atom stereocenters. The molecule has 0 aliphatic carbocycles.